The van der Waals surface area contributed by atoms with E-state index in [2.05, 4.69) is 204 Å². The maximum Gasteiger partial charge on any atom is 0.146 e. The number of anilines is 3. The molecule has 0 unspecified atom stereocenters. The smallest absolute Gasteiger partial charge is 0.146 e. The molecule has 4 heteroatoms. The number of pyridine rings is 1. The number of para-hydroxylation sites is 5. The predicted octanol–water partition coefficient (Wildman–Crippen LogP) is 12.7. The molecule has 0 spiro atoms. The molecule has 8 aromatic carbocycles. The molecular formula is C48H32N4. The van der Waals surface area contributed by atoms with E-state index in [1.807, 2.05) is 0 Å². The summed E-state index contributed by atoms with van der Waals surface area (Å²) in [6, 6.07) is 68.3. The van der Waals surface area contributed by atoms with E-state index in [1.54, 1.807) is 0 Å². The summed E-state index contributed by atoms with van der Waals surface area (Å²) >= 11 is 0. The molecule has 244 valence electrons. The van der Waals surface area contributed by atoms with Gasteiger partial charge in [-0.15, -0.1) is 0 Å². The van der Waals surface area contributed by atoms with Gasteiger partial charge in [-0.25, -0.2) is 9.97 Å². The molecule has 0 amide bonds. The van der Waals surface area contributed by atoms with Crippen LogP contribution in [0.4, 0.5) is 17.1 Å². The normalized spacial score (nSPS) is 11.5. The number of hydrogen-bond donors (Lipinski definition) is 0. The lowest BCUT2D eigenvalue weighted by atomic mass is 9.93. The SMILES string of the molecule is c1ccc(N(c2ccccc2)c2ccc3c(c2)nc(-c2ccccc2-c2nc4ccccc4n2-c2ccccc2)c2ccc4ccccc4c23)cc1. The number of benzene rings is 8. The largest absolute Gasteiger partial charge is 0.310 e. The zero-order chi connectivity index (χ0) is 34.4. The Morgan fingerprint density at radius 2 is 1.02 bits per heavy atom. The minimum atomic E-state index is 0.881. The maximum atomic E-state index is 5.59. The number of nitrogens with zero attached hydrogens (tertiary/aromatic N) is 4. The molecule has 4 nitrogen and oxygen atoms in total. The van der Waals surface area contributed by atoms with E-state index in [-0.39, 0.29) is 0 Å². The Bertz CT molecular complexity index is 2860. The van der Waals surface area contributed by atoms with Gasteiger partial charge in [0.15, 0.2) is 0 Å². The second-order valence-corrected chi connectivity index (χ2v) is 13.0. The van der Waals surface area contributed by atoms with E-state index in [0.717, 1.165) is 72.7 Å². The maximum absolute atomic E-state index is 5.59. The first-order chi connectivity index (χ1) is 25.8. The van der Waals surface area contributed by atoms with Crippen molar-refractivity contribution in [3.63, 3.8) is 0 Å². The second kappa shape index (κ2) is 12.4. The Balaban J connectivity index is 1.27. The molecular weight excluding hydrogens is 633 g/mol. The van der Waals surface area contributed by atoms with Crippen molar-refractivity contribution in [1.29, 1.82) is 0 Å². The lowest BCUT2D eigenvalue weighted by molar-refractivity contribution is 1.10. The molecule has 0 bridgehead atoms. The Kier molecular flexibility index (Phi) is 7.10. The average Bonchev–Trinajstić information content (AvgIpc) is 3.61. The highest BCUT2D eigenvalue weighted by molar-refractivity contribution is 6.23. The minimum absolute atomic E-state index is 0.881. The number of imidazole rings is 1. The third-order valence-corrected chi connectivity index (χ3v) is 9.95. The molecule has 0 N–H and O–H groups in total. The van der Waals surface area contributed by atoms with Crippen LogP contribution in [0.15, 0.2) is 194 Å². The molecule has 2 heterocycles. The van der Waals surface area contributed by atoms with Crippen LogP contribution in [0.2, 0.25) is 0 Å². The zero-order valence-corrected chi connectivity index (χ0v) is 28.3. The van der Waals surface area contributed by atoms with E-state index in [9.17, 15) is 0 Å². The lowest BCUT2D eigenvalue weighted by Crippen LogP contribution is -2.09. The third-order valence-electron chi connectivity index (χ3n) is 9.95. The van der Waals surface area contributed by atoms with Gasteiger partial charge in [-0.05, 0) is 71.4 Å². The number of aromatic nitrogens is 3. The van der Waals surface area contributed by atoms with Crippen molar-refractivity contribution in [3.05, 3.63) is 194 Å². The van der Waals surface area contributed by atoms with Crippen molar-refractivity contribution in [2.24, 2.45) is 0 Å². The number of hydrogen-bond acceptors (Lipinski definition) is 3. The molecule has 10 aromatic rings. The van der Waals surface area contributed by atoms with Crippen molar-refractivity contribution < 1.29 is 0 Å². The first-order valence-corrected chi connectivity index (χ1v) is 17.6. The standard InChI is InChI=1S/C48H32N4/c1-4-17-34(18-5-1)51(35-19-6-2-7-20-35)37-29-31-41-44(32-37)49-47(42-30-28-33-16-10-11-23-38(33)46(41)42)39-24-12-13-25-40(39)48-50-43-26-14-15-27-45(43)52(48)36-21-8-3-9-22-36/h1-32H. The lowest BCUT2D eigenvalue weighted by Gasteiger charge is -2.26. The monoisotopic (exact) mass is 664 g/mol. The Morgan fingerprint density at radius 1 is 0.404 bits per heavy atom. The van der Waals surface area contributed by atoms with E-state index < -0.39 is 0 Å². The molecule has 0 atom stereocenters. The van der Waals surface area contributed by atoms with Crippen molar-refractivity contribution in [2.75, 3.05) is 4.90 Å². The first kappa shape index (κ1) is 29.8. The Hall–Kier alpha value is -7.04. The van der Waals surface area contributed by atoms with Gasteiger partial charge in [-0.3, -0.25) is 4.57 Å². The summed E-state index contributed by atoms with van der Waals surface area (Å²) in [7, 11) is 0. The summed E-state index contributed by atoms with van der Waals surface area (Å²) in [5, 5.41) is 5.83. The first-order valence-electron chi connectivity index (χ1n) is 17.6. The molecule has 0 aliphatic carbocycles. The van der Waals surface area contributed by atoms with Crippen molar-refractivity contribution >= 4 is 60.5 Å². The van der Waals surface area contributed by atoms with Crippen molar-refractivity contribution in [3.8, 4) is 28.3 Å². The highest BCUT2D eigenvalue weighted by Gasteiger charge is 2.22. The second-order valence-electron chi connectivity index (χ2n) is 13.0. The summed E-state index contributed by atoms with van der Waals surface area (Å²) in [5.74, 6) is 0.881. The fourth-order valence-corrected chi connectivity index (χ4v) is 7.64. The average molecular weight is 665 g/mol. The van der Waals surface area contributed by atoms with Gasteiger partial charge in [0, 0.05) is 50.0 Å². The highest BCUT2D eigenvalue weighted by Crippen LogP contribution is 2.43. The molecule has 0 aliphatic heterocycles. The summed E-state index contributed by atoms with van der Waals surface area (Å²) in [6.45, 7) is 0. The van der Waals surface area contributed by atoms with Crippen molar-refractivity contribution in [2.45, 2.75) is 0 Å². The van der Waals surface area contributed by atoms with Crippen LogP contribution in [0, 0.1) is 0 Å². The van der Waals surface area contributed by atoms with E-state index in [0.29, 0.717) is 0 Å². The molecule has 0 fully saturated rings. The van der Waals surface area contributed by atoms with Gasteiger partial charge >= 0.3 is 0 Å². The summed E-state index contributed by atoms with van der Waals surface area (Å²) in [6.07, 6.45) is 0. The molecule has 52 heavy (non-hydrogen) atoms. The van der Waals surface area contributed by atoms with Crippen LogP contribution in [-0.4, -0.2) is 14.5 Å². The summed E-state index contributed by atoms with van der Waals surface area (Å²) in [4.78, 5) is 13.2. The topological polar surface area (TPSA) is 34.0 Å². The van der Waals surface area contributed by atoms with Gasteiger partial charge in [-0.1, -0.05) is 133 Å². The van der Waals surface area contributed by atoms with Gasteiger partial charge in [0.2, 0.25) is 0 Å². The molecule has 0 radical (unpaired) electrons. The van der Waals surface area contributed by atoms with Gasteiger partial charge in [-0.2, -0.15) is 0 Å². The number of rotatable bonds is 6. The fraction of sp³-hybridized carbons (Fsp3) is 0. The molecule has 10 rings (SSSR count). The van der Waals surface area contributed by atoms with Crippen LogP contribution in [0.1, 0.15) is 0 Å². The van der Waals surface area contributed by atoms with Crippen molar-refractivity contribution in [1.82, 2.24) is 14.5 Å². The molecule has 0 aliphatic rings. The predicted molar refractivity (Wildman–Crippen MR) is 217 cm³/mol. The van der Waals surface area contributed by atoms with E-state index >= 15 is 0 Å². The van der Waals surface area contributed by atoms with Gasteiger partial charge in [0.25, 0.3) is 0 Å². The van der Waals surface area contributed by atoms with Crippen LogP contribution in [0.25, 0.3) is 71.8 Å². The van der Waals surface area contributed by atoms with Crippen LogP contribution in [0.5, 0.6) is 0 Å². The van der Waals surface area contributed by atoms with E-state index in [4.69, 9.17) is 9.97 Å². The quantitative estimate of drug-likeness (QED) is 0.166. The summed E-state index contributed by atoms with van der Waals surface area (Å²) < 4.78 is 2.27. The van der Waals surface area contributed by atoms with Gasteiger partial charge in [0.05, 0.1) is 22.2 Å². The van der Waals surface area contributed by atoms with Crippen LogP contribution in [0.3, 0.4) is 0 Å². The van der Waals surface area contributed by atoms with Crippen LogP contribution >= 0.6 is 0 Å². The van der Waals surface area contributed by atoms with Gasteiger partial charge in [0.1, 0.15) is 5.82 Å². The van der Waals surface area contributed by atoms with Crippen LogP contribution in [-0.2, 0) is 0 Å². The number of fused-ring (bicyclic) bond motifs is 6. The molecule has 0 saturated carbocycles. The van der Waals surface area contributed by atoms with E-state index in [1.165, 1.54) is 16.2 Å². The highest BCUT2D eigenvalue weighted by atomic mass is 15.1. The zero-order valence-electron chi connectivity index (χ0n) is 28.3. The summed E-state index contributed by atoms with van der Waals surface area (Å²) in [5.41, 5.74) is 10.2. The minimum Gasteiger partial charge on any atom is -0.310 e. The molecule has 0 saturated heterocycles. The fourth-order valence-electron chi connectivity index (χ4n) is 7.64. The Morgan fingerprint density at radius 3 is 1.79 bits per heavy atom. The van der Waals surface area contributed by atoms with Gasteiger partial charge < -0.3 is 4.90 Å². The molecule has 2 aromatic heterocycles. The van der Waals surface area contributed by atoms with Crippen LogP contribution < -0.4 is 4.90 Å². The third kappa shape index (κ3) is 4.92. The Labute approximate surface area is 301 Å².